The summed E-state index contributed by atoms with van der Waals surface area (Å²) in [5.74, 6) is 11.2. The zero-order valence-corrected chi connectivity index (χ0v) is 15.6. The standard InChI is InChI=1S/C16H22N6O2.C2H6/c1-24-9-22-13-7-10(8-14(20-17)21-18)4-5-11(13)15-12(16(22)23)3-2-6-19-15;1-2/h4-5,7,19H,2-3,6,8-9,17-18H2,1H3,(H,20,21);1-2H3. The Hall–Kier alpha value is -2.58. The number of amidine groups is 1. The molecule has 0 aliphatic carbocycles. The summed E-state index contributed by atoms with van der Waals surface area (Å²) in [6, 6.07) is 5.95. The van der Waals surface area contributed by atoms with Gasteiger partial charge in [-0.15, -0.1) is 0 Å². The first-order chi connectivity index (χ1) is 12.7. The molecule has 2 aromatic rings. The van der Waals surface area contributed by atoms with Crippen LogP contribution in [0.25, 0.3) is 10.9 Å². The van der Waals surface area contributed by atoms with Gasteiger partial charge in [-0.1, -0.05) is 26.0 Å². The maximum absolute atomic E-state index is 12.8. The number of anilines is 1. The van der Waals surface area contributed by atoms with Gasteiger partial charge in [0, 0.05) is 31.0 Å². The minimum atomic E-state index is -0.00614. The Morgan fingerprint density at radius 3 is 2.85 bits per heavy atom. The SMILES string of the molecule is CC.COCn1c(=O)c2c(c3ccc(C/C(=N/N)NN)cc31)NCCC2. The Balaban J connectivity index is 0.00000117. The number of benzene rings is 1. The fourth-order valence-electron chi connectivity index (χ4n) is 3.16. The fraction of sp³-hybridized carbons (Fsp3) is 0.444. The smallest absolute Gasteiger partial charge is 0.258 e. The molecule has 6 N–H and O–H groups in total. The molecule has 0 bridgehead atoms. The van der Waals surface area contributed by atoms with Gasteiger partial charge in [0.25, 0.3) is 5.56 Å². The number of aromatic nitrogens is 1. The van der Waals surface area contributed by atoms with E-state index >= 15 is 0 Å². The van der Waals surface area contributed by atoms with Crippen molar-refractivity contribution < 1.29 is 4.74 Å². The Labute approximate surface area is 153 Å². The quantitative estimate of drug-likeness (QED) is 0.282. The molecule has 1 aliphatic rings. The first-order valence-corrected chi connectivity index (χ1v) is 8.84. The lowest BCUT2D eigenvalue weighted by Gasteiger charge is -2.22. The molecule has 2 heterocycles. The predicted molar refractivity (Wildman–Crippen MR) is 106 cm³/mol. The van der Waals surface area contributed by atoms with Crippen LogP contribution in [-0.4, -0.2) is 24.1 Å². The van der Waals surface area contributed by atoms with E-state index in [4.69, 9.17) is 16.4 Å². The number of nitrogens with zero attached hydrogens (tertiary/aromatic N) is 2. The summed E-state index contributed by atoms with van der Waals surface area (Å²) in [7, 11) is 1.58. The van der Waals surface area contributed by atoms with Crippen LogP contribution in [0.1, 0.15) is 31.4 Å². The minimum Gasteiger partial charge on any atom is -0.384 e. The third-order valence-electron chi connectivity index (χ3n) is 4.28. The van der Waals surface area contributed by atoms with E-state index < -0.39 is 0 Å². The van der Waals surface area contributed by atoms with Crippen molar-refractivity contribution in [3.05, 3.63) is 39.7 Å². The van der Waals surface area contributed by atoms with Crippen LogP contribution in [0.15, 0.2) is 28.1 Å². The van der Waals surface area contributed by atoms with E-state index in [0.717, 1.165) is 47.1 Å². The number of nitrogens with two attached hydrogens (primary N) is 2. The molecule has 1 aromatic heterocycles. The average Bonchev–Trinajstić information content (AvgIpc) is 2.70. The Morgan fingerprint density at radius 1 is 1.42 bits per heavy atom. The fourth-order valence-corrected chi connectivity index (χ4v) is 3.16. The highest BCUT2D eigenvalue weighted by Gasteiger charge is 2.19. The van der Waals surface area contributed by atoms with E-state index in [9.17, 15) is 4.79 Å². The van der Waals surface area contributed by atoms with Gasteiger partial charge in [0.15, 0.2) is 0 Å². The van der Waals surface area contributed by atoms with Crippen molar-refractivity contribution in [1.82, 2.24) is 9.99 Å². The Bertz CT molecular complexity index is 844. The van der Waals surface area contributed by atoms with Crippen molar-refractivity contribution >= 4 is 22.4 Å². The molecule has 26 heavy (non-hydrogen) atoms. The van der Waals surface area contributed by atoms with E-state index in [-0.39, 0.29) is 12.3 Å². The number of nitrogens with one attached hydrogen (secondary N) is 2. The van der Waals surface area contributed by atoms with Gasteiger partial charge in [-0.05, 0) is 24.5 Å². The molecule has 8 nitrogen and oxygen atoms in total. The van der Waals surface area contributed by atoms with E-state index in [1.165, 1.54) is 0 Å². The maximum atomic E-state index is 12.8. The van der Waals surface area contributed by atoms with Gasteiger partial charge in [-0.2, -0.15) is 5.10 Å². The number of hydrogen-bond donors (Lipinski definition) is 4. The minimum absolute atomic E-state index is 0.00614. The molecule has 0 saturated carbocycles. The molecule has 0 spiro atoms. The lowest BCUT2D eigenvalue weighted by Crippen LogP contribution is -2.33. The van der Waals surface area contributed by atoms with Crippen LogP contribution >= 0.6 is 0 Å². The summed E-state index contributed by atoms with van der Waals surface area (Å²) in [5.41, 5.74) is 5.99. The van der Waals surface area contributed by atoms with Crippen LogP contribution in [0, 0.1) is 0 Å². The maximum Gasteiger partial charge on any atom is 0.258 e. The molecule has 8 heteroatoms. The third-order valence-corrected chi connectivity index (χ3v) is 4.28. The number of hydrazine groups is 1. The van der Waals surface area contributed by atoms with Crippen molar-refractivity contribution in [2.75, 3.05) is 19.0 Å². The van der Waals surface area contributed by atoms with Crippen LogP contribution in [-0.2, 0) is 24.3 Å². The van der Waals surface area contributed by atoms with Crippen LogP contribution in [0.3, 0.4) is 0 Å². The summed E-state index contributed by atoms with van der Waals surface area (Å²) in [4.78, 5) is 12.8. The normalized spacial score (nSPS) is 13.5. The molecule has 0 atom stereocenters. The zero-order chi connectivity index (χ0) is 19.1. The van der Waals surface area contributed by atoms with Gasteiger partial charge in [0.1, 0.15) is 12.6 Å². The van der Waals surface area contributed by atoms with Crippen LogP contribution in [0.4, 0.5) is 5.69 Å². The van der Waals surface area contributed by atoms with Gasteiger partial charge < -0.3 is 21.3 Å². The van der Waals surface area contributed by atoms with Gasteiger partial charge >= 0.3 is 0 Å². The van der Waals surface area contributed by atoms with Crippen molar-refractivity contribution in [1.29, 1.82) is 0 Å². The van der Waals surface area contributed by atoms with E-state index in [2.05, 4.69) is 15.8 Å². The van der Waals surface area contributed by atoms with Crippen molar-refractivity contribution in [3.63, 3.8) is 0 Å². The number of hydrazone groups is 1. The van der Waals surface area contributed by atoms with Gasteiger partial charge in [0.05, 0.1) is 11.2 Å². The molecule has 1 aliphatic heterocycles. The van der Waals surface area contributed by atoms with E-state index in [1.807, 2.05) is 32.0 Å². The van der Waals surface area contributed by atoms with E-state index in [0.29, 0.717) is 12.3 Å². The lowest BCUT2D eigenvalue weighted by molar-refractivity contribution is 0.131. The molecule has 0 fully saturated rings. The molecular formula is C18H28N6O2. The Morgan fingerprint density at radius 2 is 2.19 bits per heavy atom. The second-order valence-electron chi connectivity index (χ2n) is 5.78. The van der Waals surface area contributed by atoms with Gasteiger partial charge in [0.2, 0.25) is 0 Å². The summed E-state index contributed by atoms with van der Waals surface area (Å²) < 4.78 is 6.90. The monoisotopic (exact) mass is 360 g/mol. The summed E-state index contributed by atoms with van der Waals surface area (Å²) >= 11 is 0. The number of methoxy groups -OCH3 is 1. The van der Waals surface area contributed by atoms with Crippen molar-refractivity contribution in [2.24, 2.45) is 16.8 Å². The topological polar surface area (TPSA) is 120 Å². The molecular weight excluding hydrogens is 332 g/mol. The van der Waals surface area contributed by atoms with Crippen molar-refractivity contribution in [2.45, 2.75) is 39.8 Å². The lowest BCUT2D eigenvalue weighted by atomic mass is 9.99. The molecule has 0 radical (unpaired) electrons. The number of hydrogen-bond acceptors (Lipinski definition) is 6. The number of rotatable bonds is 4. The molecule has 0 unspecified atom stereocenters. The van der Waals surface area contributed by atoms with Crippen molar-refractivity contribution in [3.8, 4) is 0 Å². The average molecular weight is 360 g/mol. The summed E-state index contributed by atoms with van der Waals surface area (Å²) in [5, 5.41) is 7.98. The molecule has 0 amide bonds. The third kappa shape index (κ3) is 3.81. The first kappa shape index (κ1) is 19.7. The highest BCUT2D eigenvalue weighted by atomic mass is 16.5. The van der Waals surface area contributed by atoms with Crippen LogP contribution in [0.2, 0.25) is 0 Å². The predicted octanol–water partition coefficient (Wildman–Crippen LogP) is 1.27. The first-order valence-electron chi connectivity index (χ1n) is 8.84. The Kier molecular flexibility index (Phi) is 6.99. The largest absolute Gasteiger partial charge is 0.384 e. The molecule has 0 saturated heterocycles. The zero-order valence-electron chi connectivity index (χ0n) is 15.6. The number of fused-ring (bicyclic) bond motifs is 3. The van der Waals surface area contributed by atoms with E-state index in [1.54, 1.807) is 11.7 Å². The van der Waals surface area contributed by atoms with Crippen LogP contribution < -0.4 is 28.0 Å². The highest BCUT2D eigenvalue weighted by molar-refractivity contribution is 5.94. The number of pyridine rings is 1. The molecule has 3 rings (SSSR count). The molecule has 142 valence electrons. The highest BCUT2D eigenvalue weighted by Crippen LogP contribution is 2.29. The second-order valence-corrected chi connectivity index (χ2v) is 5.78. The number of ether oxygens (including phenoxy) is 1. The summed E-state index contributed by atoms with van der Waals surface area (Å²) in [6.45, 7) is 5.08. The van der Waals surface area contributed by atoms with Gasteiger partial charge in [-0.3, -0.25) is 9.36 Å². The second kappa shape index (κ2) is 9.21. The van der Waals surface area contributed by atoms with Crippen LogP contribution in [0.5, 0.6) is 0 Å². The molecule has 1 aromatic carbocycles. The van der Waals surface area contributed by atoms with Gasteiger partial charge in [-0.25, -0.2) is 5.84 Å². The summed E-state index contributed by atoms with van der Waals surface area (Å²) in [6.07, 6.45) is 2.19.